The second-order valence-electron chi connectivity index (χ2n) is 5.47. The SMILES string of the molecule is Nc1ccc(NC(=O)c2cccc(S(=O)(=O)N3CCOCC3)c2)cn1. The molecule has 1 saturated heterocycles. The highest BCUT2D eigenvalue weighted by atomic mass is 32.2. The fourth-order valence-corrected chi connectivity index (χ4v) is 3.87. The number of anilines is 2. The van der Waals surface area contributed by atoms with Gasteiger partial charge in [-0.2, -0.15) is 4.31 Å². The van der Waals surface area contributed by atoms with E-state index >= 15 is 0 Å². The Balaban J connectivity index is 1.80. The van der Waals surface area contributed by atoms with E-state index in [0.717, 1.165) is 0 Å². The summed E-state index contributed by atoms with van der Waals surface area (Å²) in [5, 5.41) is 2.66. The molecule has 2 heterocycles. The molecule has 0 aliphatic carbocycles. The first-order chi connectivity index (χ1) is 12.0. The maximum Gasteiger partial charge on any atom is 0.255 e. The van der Waals surface area contributed by atoms with Crippen molar-refractivity contribution >= 4 is 27.4 Å². The molecule has 1 amide bonds. The number of ether oxygens (including phenoxy) is 1. The van der Waals surface area contributed by atoms with Gasteiger partial charge in [0.25, 0.3) is 5.91 Å². The first-order valence-corrected chi connectivity index (χ1v) is 9.12. The predicted octanol–water partition coefficient (Wildman–Crippen LogP) is 0.937. The van der Waals surface area contributed by atoms with Crippen LogP contribution in [-0.2, 0) is 14.8 Å². The molecule has 0 radical (unpaired) electrons. The minimum Gasteiger partial charge on any atom is -0.384 e. The first-order valence-electron chi connectivity index (χ1n) is 7.68. The third-order valence-corrected chi connectivity index (χ3v) is 5.64. The number of sulfonamides is 1. The van der Waals surface area contributed by atoms with Crippen LogP contribution in [0.5, 0.6) is 0 Å². The predicted molar refractivity (Wildman–Crippen MR) is 92.6 cm³/mol. The lowest BCUT2D eigenvalue weighted by Gasteiger charge is -2.26. The van der Waals surface area contributed by atoms with E-state index in [1.54, 1.807) is 24.3 Å². The van der Waals surface area contributed by atoms with E-state index in [4.69, 9.17) is 10.5 Å². The lowest BCUT2D eigenvalue weighted by atomic mass is 10.2. The molecule has 0 unspecified atom stereocenters. The average molecular weight is 362 g/mol. The third-order valence-electron chi connectivity index (χ3n) is 3.75. The number of nitrogens with zero attached hydrogens (tertiary/aromatic N) is 2. The van der Waals surface area contributed by atoms with Crippen molar-refractivity contribution in [2.75, 3.05) is 37.4 Å². The molecule has 1 fully saturated rings. The lowest BCUT2D eigenvalue weighted by Crippen LogP contribution is -2.40. The number of morpholine rings is 1. The fourth-order valence-electron chi connectivity index (χ4n) is 2.42. The van der Waals surface area contributed by atoms with Crippen molar-refractivity contribution < 1.29 is 17.9 Å². The molecular formula is C16H18N4O4S. The summed E-state index contributed by atoms with van der Waals surface area (Å²) in [4.78, 5) is 16.3. The van der Waals surface area contributed by atoms with Gasteiger partial charge in [-0.15, -0.1) is 0 Å². The molecule has 132 valence electrons. The Hall–Kier alpha value is -2.49. The maximum atomic E-state index is 12.7. The average Bonchev–Trinajstić information content (AvgIpc) is 2.64. The number of nitrogen functional groups attached to an aromatic ring is 1. The number of hydrogen-bond donors (Lipinski definition) is 2. The summed E-state index contributed by atoms with van der Waals surface area (Å²) >= 11 is 0. The third kappa shape index (κ3) is 3.95. The number of carbonyl (C=O) groups excluding carboxylic acids is 1. The van der Waals surface area contributed by atoms with Crippen molar-refractivity contribution in [2.45, 2.75) is 4.90 Å². The number of hydrogen-bond acceptors (Lipinski definition) is 6. The maximum absolute atomic E-state index is 12.7. The second-order valence-corrected chi connectivity index (χ2v) is 7.41. The molecular weight excluding hydrogens is 344 g/mol. The quantitative estimate of drug-likeness (QED) is 0.836. The molecule has 1 aliphatic heterocycles. The van der Waals surface area contributed by atoms with Gasteiger partial charge in [-0.05, 0) is 30.3 Å². The number of benzene rings is 1. The Morgan fingerprint density at radius 2 is 1.96 bits per heavy atom. The van der Waals surface area contributed by atoms with Crippen LogP contribution in [0.3, 0.4) is 0 Å². The Bertz CT molecular complexity index is 862. The smallest absolute Gasteiger partial charge is 0.255 e. The molecule has 25 heavy (non-hydrogen) atoms. The molecule has 1 aromatic carbocycles. The summed E-state index contributed by atoms with van der Waals surface area (Å²) in [6.07, 6.45) is 1.43. The summed E-state index contributed by atoms with van der Waals surface area (Å²) in [5.74, 6) is -0.0813. The first kappa shape index (κ1) is 17.3. The van der Waals surface area contributed by atoms with Crippen LogP contribution in [0.1, 0.15) is 10.4 Å². The van der Waals surface area contributed by atoms with Gasteiger partial charge in [-0.1, -0.05) is 6.07 Å². The lowest BCUT2D eigenvalue weighted by molar-refractivity contribution is 0.0730. The number of aromatic nitrogens is 1. The van der Waals surface area contributed by atoms with Crippen LogP contribution in [-0.4, -0.2) is 49.9 Å². The molecule has 9 heteroatoms. The van der Waals surface area contributed by atoms with Crippen molar-refractivity contribution in [3.05, 3.63) is 48.2 Å². The van der Waals surface area contributed by atoms with Crippen LogP contribution in [0.15, 0.2) is 47.5 Å². The Kier molecular flexibility index (Phi) is 4.98. The van der Waals surface area contributed by atoms with Crippen LogP contribution < -0.4 is 11.1 Å². The molecule has 0 spiro atoms. The number of rotatable bonds is 4. The zero-order valence-electron chi connectivity index (χ0n) is 13.4. The number of pyridine rings is 1. The van der Waals surface area contributed by atoms with Crippen LogP contribution in [0.4, 0.5) is 11.5 Å². The van der Waals surface area contributed by atoms with E-state index in [1.807, 2.05) is 0 Å². The normalized spacial score (nSPS) is 15.7. The fraction of sp³-hybridized carbons (Fsp3) is 0.250. The molecule has 2 aromatic rings. The molecule has 3 N–H and O–H groups in total. The Labute approximate surface area is 145 Å². The van der Waals surface area contributed by atoms with Gasteiger partial charge < -0.3 is 15.8 Å². The number of amides is 1. The van der Waals surface area contributed by atoms with E-state index in [9.17, 15) is 13.2 Å². The van der Waals surface area contributed by atoms with Gasteiger partial charge in [-0.25, -0.2) is 13.4 Å². The van der Waals surface area contributed by atoms with E-state index in [1.165, 1.54) is 22.6 Å². The van der Waals surface area contributed by atoms with Gasteiger partial charge >= 0.3 is 0 Å². The van der Waals surface area contributed by atoms with Crippen LogP contribution >= 0.6 is 0 Å². The molecule has 3 rings (SSSR count). The van der Waals surface area contributed by atoms with E-state index < -0.39 is 15.9 Å². The van der Waals surface area contributed by atoms with E-state index in [2.05, 4.69) is 10.3 Å². The van der Waals surface area contributed by atoms with Crippen molar-refractivity contribution in [3.8, 4) is 0 Å². The molecule has 0 atom stereocenters. The Morgan fingerprint density at radius 1 is 1.20 bits per heavy atom. The molecule has 0 bridgehead atoms. The van der Waals surface area contributed by atoms with Gasteiger partial charge in [0.2, 0.25) is 10.0 Å². The zero-order chi connectivity index (χ0) is 17.9. The molecule has 1 aliphatic rings. The number of nitrogens with one attached hydrogen (secondary N) is 1. The topological polar surface area (TPSA) is 115 Å². The minimum absolute atomic E-state index is 0.0810. The van der Waals surface area contributed by atoms with Gasteiger partial charge in [0.05, 0.1) is 30.0 Å². The molecule has 0 saturated carbocycles. The highest BCUT2D eigenvalue weighted by Gasteiger charge is 2.26. The summed E-state index contributed by atoms with van der Waals surface area (Å²) < 4.78 is 31.9. The summed E-state index contributed by atoms with van der Waals surface area (Å²) in [5.41, 5.74) is 6.22. The standard InChI is InChI=1S/C16H18N4O4S/c17-15-5-4-13(11-18-15)19-16(21)12-2-1-3-14(10-12)25(22,23)20-6-8-24-9-7-20/h1-5,10-11H,6-9H2,(H2,17,18)(H,19,21). The van der Waals surface area contributed by atoms with Crippen molar-refractivity contribution in [2.24, 2.45) is 0 Å². The monoisotopic (exact) mass is 362 g/mol. The minimum atomic E-state index is -3.65. The highest BCUT2D eigenvalue weighted by molar-refractivity contribution is 7.89. The van der Waals surface area contributed by atoms with E-state index in [-0.39, 0.29) is 10.5 Å². The summed E-state index contributed by atoms with van der Waals surface area (Å²) in [7, 11) is -3.65. The van der Waals surface area contributed by atoms with Gasteiger partial charge in [0, 0.05) is 18.7 Å². The van der Waals surface area contributed by atoms with Gasteiger partial charge in [0.15, 0.2) is 0 Å². The number of nitrogens with two attached hydrogens (primary N) is 1. The van der Waals surface area contributed by atoms with Crippen LogP contribution in [0.25, 0.3) is 0 Å². The van der Waals surface area contributed by atoms with Crippen LogP contribution in [0, 0.1) is 0 Å². The highest BCUT2D eigenvalue weighted by Crippen LogP contribution is 2.19. The van der Waals surface area contributed by atoms with Crippen molar-refractivity contribution in [3.63, 3.8) is 0 Å². The Morgan fingerprint density at radius 3 is 2.64 bits per heavy atom. The molecule has 1 aromatic heterocycles. The summed E-state index contributed by atoms with van der Waals surface area (Å²) in [6.45, 7) is 1.33. The summed E-state index contributed by atoms with van der Waals surface area (Å²) in [6, 6.07) is 9.13. The van der Waals surface area contributed by atoms with Gasteiger partial charge in [-0.3, -0.25) is 4.79 Å². The molecule has 8 nitrogen and oxygen atoms in total. The van der Waals surface area contributed by atoms with Crippen molar-refractivity contribution in [1.82, 2.24) is 9.29 Å². The van der Waals surface area contributed by atoms with Gasteiger partial charge in [0.1, 0.15) is 5.82 Å². The van der Waals surface area contributed by atoms with Crippen LogP contribution in [0.2, 0.25) is 0 Å². The second kappa shape index (κ2) is 7.18. The number of carbonyl (C=O) groups is 1. The van der Waals surface area contributed by atoms with Crippen molar-refractivity contribution in [1.29, 1.82) is 0 Å². The van der Waals surface area contributed by atoms with E-state index in [0.29, 0.717) is 37.8 Å². The zero-order valence-corrected chi connectivity index (χ0v) is 14.2. The largest absolute Gasteiger partial charge is 0.384 e.